The van der Waals surface area contributed by atoms with Crippen LogP contribution in [0.1, 0.15) is 47.2 Å². The average molecular weight is 496 g/mol. The number of carbonyl (C=O) groups is 2. The molecule has 1 aromatic heterocycles. The molecule has 4 rings (SSSR count). The molecule has 3 N–H and O–H groups in total. The second-order valence-electron chi connectivity index (χ2n) is 8.81. The summed E-state index contributed by atoms with van der Waals surface area (Å²) < 4.78 is 44.9. The second kappa shape index (κ2) is 9.49. The molecule has 186 valence electrons. The lowest BCUT2D eigenvalue weighted by Gasteiger charge is -2.16. The molecule has 0 saturated heterocycles. The van der Waals surface area contributed by atoms with E-state index in [1.54, 1.807) is 12.1 Å². The van der Waals surface area contributed by atoms with Crippen LogP contribution in [0, 0.1) is 11.7 Å². The van der Waals surface area contributed by atoms with Gasteiger partial charge in [0.15, 0.2) is 0 Å². The summed E-state index contributed by atoms with van der Waals surface area (Å²) in [6.45, 7) is 4.41. The Balaban J connectivity index is 1.60. The number of ether oxygens (including phenoxy) is 1. The van der Waals surface area contributed by atoms with Crippen molar-refractivity contribution >= 4 is 22.7 Å². The molecule has 0 saturated carbocycles. The Labute approximate surface area is 205 Å². The summed E-state index contributed by atoms with van der Waals surface area (Å²) in [6, 6.07) is 11.6. The molecule has 3 aromatic rings. The molecule has 0 spiro atoms. The van der Waals surface area contributed by atoms with E-state index in [4.69, 9.17) is 5.73 Å². The van der Waals surface area contributed by atoms with Gasteiger partial charge in [0.2, 0.25) is 0 Å². The molecule has 1 heterocycles. The number of carbonyl (C=O) groups excluding carboxylic acids is 2. The number of primary amides is 1. The van der Waals surface area contributed by atoms with Crippen molar-refractivity contribution in [1.29, 1.82) is 0 Å². The van der Waals surface area contributed by atoms with Crippen LogP contribution in [-0.2, 0) is 6.42 Å². The highest BCUT2D eigenvalue weighted by molar-refractivity contribution is 6.09. The molecular weight excluding hydrogens is 471 g/mol. The van der Waals surface area contributed by atoms with Crippen LogP contribution in [0.3, 0.4) is 0 Å². The molecular formula is C27H24F3N3O3. The van der Waals surface area contributed by atoms with Crippen LogP contribution in [0.5, 0.6) is 5.75 Å². The number of hydrogen-bond donors (Lipinski definition) is 2. The zero-order valence-electron chi connectivity index (χ0n) is 19.9. The molecule has 1 aliphatic rings. The fourth-order valence-electron chi connectivity index (χ4n) is 4.31. The number of aromatic nitrogens is 1. The van der Waals surface area contributed by atoms with Crippen molar-refractivity contribution < 1.29 is 27.5 Å². The predicted octanol–water partition coefficient (Wildman–Crippen LogP) is 5.29. The maximum Gasteiger partial charge on any atom is 0.394 e. The summed E-state index contributed by atoms with van der Waals surface area (Å²) in [5.41, 5.74) is 8.61. The first-order valence-corrected chi connectivity index (χ1v) is 11.2. The van der Waals surface area contributed by atoms with E-state index >= 15 is 0 Å². The quantitative estimate of drug-likeness (QED) is 0.466. The molecule has 36 heavy (non-hydrogen) atoms. The van der Waals surface area contributed by atoms with E-state index in [2.05, 4.69) is 15.0 Å². The molecule has 0 fully saturated rings. The van der Waals surface area contributed by atoms with Gasteiger partial charge in [0.1, 0.15) is 17.3 Å². The Kier molecular flexibility index (Phi) is 6.58. The van der Waals surface area contributed by atoms with Gasteiger partial charge >= 0.3 is 6.11 Å². The van der Waals surface area contributed by atoms with Gasteiger partial charge in [-0.3, -0.25) is 9.59 Å². The molecule has 0 aliphatic heterocycles. The summed E-state index contributed by atoms with van der Waals surface area (Å²) in [6.07, 6.45) is -0.785. The molecule has 2 amide bonds. The van der Waals surface area contributed by atoms with Crippen LogP contribution >= 0.6 is 0 Å². The van der Waals surface area contributed by atoms with Crippen molar-refractivity contribution in [2.24, 2.45) is 11.7 Å². The summed E-state index contributed by atoms with van der Waals surface area (Å²) >= 11 is 0. The van der Waals surface area contributed by atoms with Gasteiger partial charge < -0.3 is 15.8 Å². The highest BCUT2D eigenvalue weighted by atomic mass is 19.3. The standard InChI is InChI=1S/C27H24F3N3O3/c1-14-9-17(10-16-5-4-6-19(11-16)36-27(3,29)30)15(2)24(14)33-26(35)21-13-23(25(31)34)32-22-12-18(28)7-8-20(21)22/h4-9,11-13,17H,10H2,1-3H3,(H2,31,34)(H,33,35). The van der Waals surface area contributed by atoms with Gasteiger partial charge in [0, 0.05) is 30.0 Å². The third-order valence-electron chi connectivity index (χ3n) is 5.95. The molecule has 6 nitrogen and oxygen atoms in total. The highest BCUT2D eigenvalue weighted by Crippen LogP contribution is 2.33. The van der Waals surface area contributed by atoms with Gasteiger partial charge in [-0.15, -0.1) is 0 Å². The van der Waals surface area contributed by atoms with E-state index in [0.717, 1.165) is 22.8 Å². The van der Waals surface area contributed by atoms with E-state index in [9.17, 15) is 22.8 Å². The lowest BCUT2D eigenvalue weighted by molar-refractivity contribution is -0.158. The van der Waals surface area contributed by atoms with Gasteiger partial charge in [-0.25, -0.2) is 9.37 Å². The van der Waals surface area contributed by atoms with Crippen LogP contribution in [0.25, 0.3) is 10.9 Å². The Hall–Kier alpha value is -4.14. The number of rotatable bonds is 7. The number of allylic oxidation sites excluding steroid dienone is 3. The van der Waals surface area contributed by atoms with Crippen molar-refractivity contribution in [3.63, 3.8) is 0 Å². The van der Waals surface area contributed by atoms with E-state index in [-0.39, 0.29) is 28.4 Å². The van der Waals surface area contributed by atoms with Crippen LogP contribution in [-0.4, -0.2) is 22.9 Å². The van der Waals surface area contributed by atoms with Crippen LogP contribution in [0.15, 0.2) is 71.5 Å². The van der Waals surface area contributed by atoms with Gasteiger partial charge in [-0.05, 0) is 67.3 Å². The first kappa shape index (κ1) is 25.0. The van der Waals surface area contributed by atoms with E-state index in [0.29, 0.717) is 24.4 Å². The number of nitrogens with zero attached hydrogens (tertiary/aromatic N) is 1. The van der Waals surface area contributed by atoms with Crippen molar-refractivity contribution in [3.05, 3.63) is 94.1 Å². The van der Waals surface area contributed by atoms with Crippen molar-refractivity contribution in [1.82, 2.24) is 10.3 Å². The number of hydrogen-bond acceptors (Lipinski definition) is 4. The van der Waals surface area contributed by atoms with Gasteiger partial charge in [0.05, 0.1) is 11.1 Å². The number of benzene rings is 2. The summed E-state index contributed by atoms with van der Waals surface area (Å²) in [5, 5.41) is 3.27. The van der Waals surface area contributed by atoms with E-state index in [1.165, 1.54) is 24.3 Å². The third-order valence-corrected chi connectivity index (χ3v) is 5.95. The minimum atomic E-state index is -3.28. The third kappa shape index (κ3) is 5.40. The number of nitrogens with one attached hydrogen (secondary N) is 1. The maximum absolute atomic E-state index is 13.7. The first-order valence-electron chi connectivity index (χ1n) is 11.2. The normalized spacial score (nSPS) is 15.7. The van der Waals surface area contributed by atoms with Gasteiger partial charge in [0.25, 0.3) is 11.8 Å². The zero-order chi connectivity index (χ0) is 26.2. The van der Waals surface area contributed by atoms with Gasteiger partial charge in [-0.2, -0.15) is 8.78 Å². The minimum absolute atomic E-state index is 0.0696. The number of fused-ring (bicyclic) bond motifs is 1. The topological polar surface area (TPSA) is 94.3 Å². The Morgan fingerprint density at radius 1 is 1.14 bits per heavy atom. The molecule has 1 unspecified atom stereocenters. The summed E-state index contributed by atoms with van der Waals surface area (Å²) in [7, 11) is 0. The number of pyridine rings is 1. The molecule has 1 atom stereocenters. The second-order valence-corrected chi connectivity index (χ2v) is 8.81. The number of nitrogens with two attached hydrogens (primary N) is 1. The lowest BCUT2D eigenvalue weighted by Crippen LogP contribution is -2.25. The van der Waals surface area contributed by atoms with E-state index < -0.39 is 23.7 Å². The van der Waals surface area contributed by atoms with Gasteiger partial charge in [-0.1, -0.05) is 18.2 Å². The molecule has 1 aliphatic carbocycles. The fraction of sp³-hybridized carbons (Fsp3) is 0.222. The number of amides is 2. The van der Waals surface area contributed by atoms with Crippen molar-refractivity contribution in [2.75, 3.05) is 0 Å². The van der Waals surface area contributed by atoms with Crippen LogP contribution in [0.2, 0.25) is 0 Å². The summed E-state index contributed by atoms with van der Waals surface area (Å²) in [4.78, 5) is 29.1. The molecule has 0 bridgehead atoms. The average Bonchev–Trinajstić information content (AvgIpc) is 3.04. The Morgan fingerprint density at radius 2 is 1.89 bits per heavy atom. The zero-order valence-corrected chi connectivity index (χ0v) is 19.9. The minimum Gasteiger partial charge on any atom is -0.433 e. The Morgan fingerprint density at radius 3 is 2.58 bits per heavy atom. The number of alkyl halides is 2. The highest BCUT2D eigenvalue weighted by Gasteiger charge is 2.26. The summed E-state index contributed by atoms with van der Waals surface area (Å²) in [5.74, 6) is -1.91. The maximum atomic E-state index is 13.7. The van der Waals surface area contributed by atoms with Crippen LogP contribution < -0.4 is 15.8 Å². The Bertz CT molecular complexity index is 1440. The van der Waals surface area contributed by atoms with Crippen molar-refractivity contribution in [3.8, 4) is 5.75 Å². The molecule has 2 aromatic carbocycles. The fourth-order valence-corrected chi connectivity index (χ4v) is 4.31. The molecule has 9 heteroatoms. The van der Waals surface area contributed by atoms with Crippen LogP contribution in [0.4, 0.5) is 13.2 Å². The SMILES string of the molecule is CC1=CC(Cc2cccc(OC(C)(F)F)c2)C(C)=C1NC(=O)c1cc(C(N)=O)nc2cc(F)ccc12. The largest absolute Gasteiger partial charge is 0.433 e. The number of halogens is 3. The van der Waals surface area contributed by atoms with Crippen molar-refractivity contribution in [2.45, 2.75) is 33.3 Å². The van der Waals surface area contributed by atoms with E-state index in [1.807, 2.05) is 26.0 Å². The molecule has 0 radical (unpaired) electrons. The first-order chi connectivity index (χ1) is 16.9. The lowest BCUT2D eigenvalue weighted by atomic mass is 9.95. The monoisotopic (exact) mass is 495 g/mol. The predicted molar refractivity (Wildman–Crippen MR) is 129 cm³/mol. The smallest absolute Gasteiger partial charge is 0.394 e.